The topological polar surface area (TPSA) is 126 Å². The van der Waals surface area contributed by atoms with Crippen molar-refractivity contribution in [3.63, 3.8) is 0 Å². The number of para-hydroxylation sites is 1. The van der Waals surface area contributed by atoms with Gasteiger partial charge in [-0.05, 0) is 12.1 Å². The fourth-order valence-electron chi connectivity index (χ4n) is 1.98. The summed E-state index contributed by atoms with van der Waals surface area (Å²) in [5, 5.41) is 23.0. The molecule has 8 nitrogen and oxygen atoms in total. The molecule has 9 heteroatoms. The van der Waals surface area contributed by atoms with E-state index >= 15 is 0 Å². The van der Waals surface area contributed by atoms with Gasteiger partial charge in [0.1, 0.15) is 17.7 Å². The van der Waals surface area contributed by atoms with Crippen molar-refractivity contribution in [1.29, 1.82) is 10.5 Å². The lowest BCUT2D eigenvalue weighted by molar-refractivity contribution is -0.124. The Labute approximate surface area is 148 Å². The summed E-state index contributed by atoms with van der Waals surface area (Å²) < 4.78 is 0. The predicted octanol–water partition coefficient (Wildman–Crippen LogP) is 1.19. The molecule has 2 rings (SSSR count). The van der Waals surface area contributed by atoms with Crippen LogP contribution >= 0.6 is 11.8 Å². The van der Waals surface area contributed by atoms with Crippen molar-refractivity contribution in [3.8, 4) is 12.1 Å². The number of benzene rings is 1. The van der Waals surface area contributed by atoms with Crippen LogP contribution in [0.2, 0.25) is 0 Å². The predicted molar refractivity (Wildman–Crippen MR) is 91.1 cm³/mol. The summed E-state index contributed by atoms with van der Waals surface area (Å²) in [6.45, 7) is 0.365. The number of nitrogens with zero attached hydrogens (tertiary/aromatic N) is 3. The van der Waals surface area contributed by atoms with E-state index in [0.717, 1.165) is 16.7 Å². The van der Waals surface area contributed by atoms with Gasteiger partial charge in [-0.3, -0.25) is 19.3 Å². The van der Waals surface area contributed by atoms with E-state index in [2.05, 4.69) is 10.6 Å². The molecule has 0 radical (unpaired) electrons. The van der Waals surface area contributed by atoms with Crippen molar-refractivity contribution in [1.82, 2.24) is 10.2 Å². The molecule has 1 aliphatic rings. The number of rotatable bonds is 6. The molecule has 2 N–H and O–H groups in total. The lowest BCUT2D eigenvalue weighted by Crippen LogP contribution is -2.34. The van der Waals surface area contributed by atoms with Gasteiger partial charge in [-0.15, -0.1) is 0 Å². The van der Waals surface area contributed by atoms with Crippen LogP contribution in [0.25, 0.3) is 0 Å². The van der Waals surface area contributed by atoms with Crippen molar-refractivity contribution in [2.75, 3.05) is 24.2 Å². The summed E-state index contributed by atoms with van der Waals surface area (Å²) in [6.07, 6.45) is 1.21. The van der Waals surface area contributed by atoms with Crippen molar-refractivity contribution in [2.24, 2.45) is 0 Å². The Bertz CT molecular complexity index is 806. The van der Waals surface area contributed by atoms with Crippen LogP contribution in [0.1, 0.15) is 5.56 Å². The van der Waals surface area contributed by atoms with Crippen molar-refractivity contribution in [2.45, 2.75) is 0 Å². The van der Waals surface area contributed by atoms with Gasteiger partial charge in [0.25, 0.3) is 11.1 Å². The minimum Gasteiger partial charge on any atom is -0.388 e. The van der Waals surface area contributed by atoms with E-state index in [4.69, 9.17) is 10.5 Å². The number of imide groups is 1. The van der Waals surface area contributed by atoms with Gasteiger partial charge in [0.15, 0.2) is 0 Å². The molecular formula is C16H13N5O3S. The quantitative estimate of drug-likeness (QED) is 0.446. The van der Waals surface area contributed by atoms with Crippen LogP contribution in [-0.2, 0) is 9.59 Å². The van der Waals surface area contributed by atoms with Crippen LogP contribution in [0, 0.1) is 22.7 Å². The maximum absolute atomic E-state index is 12.1. The van der Waals surface area contributed by atoms with E-state index in [9.17, 15) is 14.4 Å². The monoisotopic (exact) mass is 355 g/mol. The molecule has 1 fully saturated rings. The number of nitrogens with one attached hydrogen (secondary N) is 2. The Morgan fingerprint density at radius 3 is 2.72 bits per heavy atom. The molecule has 1 saturated heterocycles. The van der Waals surface area contributed by atoms with E-state index in [1.54, 1.807) is 30.3 Å². The summed E-state index contributed by atoms with van der Waals surface area (Å²) >= 11 is 0.943. The van der Waals surface area contributed by atoms with E-state index in [1.807, 2.05) is 6.07 Å². The van der Waals surface area contributed by atoms with Gasteiger partial charge in [0.2, 0.25) is 5.91 Å². The molecule has 0 aromatic heterocycles. The normalized spacial score (nSPS) is 14.0. The second kappa shape index (κ2) is 8.52. The van der Waals surface area contributed by atoms with Gasteiger partial charge in [-0.1, -0.05) is 23.9 Å². The van der Waals surface area contributed by atoms with E-state index in [0.29, 0.717) is 5.69 Å². The van der Waals surface area contributed by atoms with E-state index in [-0.39, 0.29) is 41.1 Å². The summed E-state index contributed by atoms with van der Waals surface area (Å²) in [4.78, 5) is 36.1. The molecule has 0 bridgehead atoms. The molecule has 0 unspecified atom stereocenters. The second-order valence-electron chi connectivity index (χ2n) is 4.84. The van der Waals surface area contributed by atoms with Crippen molar-refractivity contribution in [3.05, 3.63) is 41.6 Å². The molecule has 0 atom stereocenters. The number of nitriles is 2. The Morgan fingerprint density at radius 2 is 2.08 bits per heavy atom. The molecule has 0 aliphatic carbocycles. The summed E-state index contributed by atoms with van der Waals surface area (Å²) in [5.74, 6) is -0.785. The SMILES string of the molecule is N#C/C(=C/NCCN1C(=O)CSC1=O)C(=O)Nc1ccccc1C#N. The highest BCUT2D eigenvalue weighted by Crippen LogP contribution is 2.17. The molecule has 1 aromatic rings. The fraction of sp³-hybridized carbons (Fsp3) is 0.188. The van der Waals surface area contributed by atoms with Gasteiger partial charge in [-0.25, -0.2) is 0 Å². The molecule has 1 aromatic carbocycles. The van der Waals surface area contributed by atoms with Crippen molar-refractivity contribution < 1.29 is 14.4 Å². The van der Waals surface area contributed by atoms with Crippen LogP contribution in [-0.4, -0.2) is 40.8 Å². The highest BCUT2D eigenvalue weighted by molar-refractivity contribution is 8.14. The van der Waals surface area contributed by atoms with Crippen LogP contribution in [0.15, 0.2) is 36.0 Å². The Morgan fingerprint density at radius 1 is 1.32 bits per heavy atom. The van der Waals surface area contributed by atoms with Crippen LogP contribution < -0.4 is 10.6 Å². The van der Waals surface area contributed by atoms with Gasteiger partial charge >= 0.3 is 0 Å². The maximum Gasteiger partial charge on any atom is 0.288 e. The number of hydrogen-bond acceptors (Lipinski definition) is 7. The van der Waals surface area contributed by atoms with Crippen LogP contribution in [0.3, 0.4) is 0 Å². The zero-order chi connectivity index (χ0) is 18.2. The van der Waals surface area contributed by atoms with E-state index in [1.165, 1.54) is 6.20 Å². The standard InChI is InChI=1S/C16H13N5O3S/c17-7-11-3-1-2-4-13(11)20-15(23)12(8-18)9-19-5-6-21-14(22)10-25-16(21)24/h1-4,9,19H,5-6,10H2,(H,20,23)/b12-9-. The number of anilines is 1. The Hall–Kier alpha value is -3.30. The highest BCUT2D eigenvalue weighted by Gasteiger charge is 2.28. The van der Waals surface area contributed by atoms with Gasteiger partial charge in [0, 0.05) is 19.3 Å². The van der Waals surface area contributed by atoms with Gasteiger partial charge in [-0.2, -0.15) is 10.5 Å². The summed E-state index contributed by atoms with van der Waals surface area (Å²) in [6, 6.07) is 10.1. The second-order valence-corrected chi connectivity index (χ2v) is 5.76. The molecule has 3 amide bonds. The zero-order valence-electron chi connectivity index (χ0n) is 13.0. The highest BCUT2D eigenvalue weighted by atomic mass is 32.2. The zero-order valence-corrected chi connectivity index (χ0v) is 13.8. The van der Waals surface area contributed by atoms with Gasteiger partial charge in [0.05, 0.1) is 17.0 Å². The average Bonchev–Trinajstić information content (AvgIpc) is 2.93. The minimum absolute atomic E-state index is 0.138. The number of carbonyl (C=O) groups excluding carboxylic acids is 3. The molecule has 25 heavy (non-hydrogen) atoms. The lowest BCUT2D eigenvalue weighted by Gasteiger charge is -2.12. The Balaban J connectivity index is 1.92. The smallest absolute Gasteiger partial charge is 0.288 e. The lowest BCUT2D eigenvalue weighted by atomic mass is 10.2. The molecule has 1 heterocycles. The molecule has 0 spiro atoms. The first-order valence-corrected chi connectivity index (χ1v) is 8.16. The number of carbonyl (C=O) groups is 3. The first-order valence-electron chi connectivity index (χ1n) is 7.18. The van der Waals surface area contributed by atoms with Crippen LogP contribution in [0.4, 0.5) is 10.5 Å². The molecular weight excluding hydrogens is 342 g/mol. The first-order chi connectivity index (χ1) is 12.1. The third-order valence-electron chi connectivity index (χ3n) is 3.23. The maximum atomic E-state index is 12.1. The minimum atomic E-state index is -0.665. The molecule has 0 saturated carbocycles. The third-order valence-corrected chi connectivity index (χ3v) is 4.09. The number of hydrogen-bond donors (Lipinski definition) is 2. The van der Waals surface area contributed by atoms with Crippen LogP contribution in [0.5, 0.6) is 0 Å². The van der Waals surface area contributed by atoms with E-state index < -0.39 is 5.91 Å². The third kappa shape index (κ3) is 4.59. The summed E-state index contributed by atoms with van der Waals surface area (Å²) in [7, 11) is 0. The Kier molecular flexibility index (Phi) is 6.15. The first kappa shape index (κ1) is 18.0. The average molecular weight is 355 g/mol. The summed E-state index contributed by atoms with van der Waals surface area (Å²) in [5.41, 5.74) is 0.396. The molecule has 126 valence electrons. The largest absolute Gasteiger partial charge is 0.388 e. The number of thioether (sulfide) groups is 1. The fourth-order valence-corrected chi connectivity index (χ4v) is 2.73. The molecule has 1 aliphatic heterocycles. The number of amides is 3. The van der Waals surface area contributed by atoms with Crippen molar-refractivity contribution >= 4 is 34.5 Å². The van der Waals surface area contributed by atoms with Gasteiger partial charge < -0.3 is 10.6 Å².